The van der Waals surface area contributed by atoms with Crippen molar-refractivity contribution in [2.45, 2.75) is 37.0 Å². The van der Waals surface area contributed by atoms with E-state index in [1.165, 1.54) is 0 Å². The normalized spacial score (nSPS) is 12.1. The van der Waals surface area contributed by atoms with E-state index in [2.05, 4.69) is 0 Å². The highest BCUT2D eigenvalue weighted by molar-refractivity contribution is 7.99. The number of thioether (sulfide) groups is 1. The number of benzene rings is 3. The molecule has 6 heteroatoms. The summed E-state index contributed by atoms with van der Waals surface area (Å²) < 4.78 is 36.5. The van der Waals surface area contributed by atoms with E-state index in [0.717, 1.165) is 16.9 Å². The lowest BCUT2D eigenvalue weighted by atomic mass is 9.88. The maximum atomic E-state index is 12.8. The molecule has 0 heterocycles. The van der Waals surface area contributed by atoms with Crippen LogP contribution < -0.4 is 4.74 Å². The molecule has 31 heavy (non-hydrogen) atoms. The van der Waals surface area contributed by atoms with Crippen molar-refractivity contribution < 1.29 is 23.0 Å². The predicted octanol–water partition coefficient (Wildman–Crippen LogP) is 7.28. The number of hydrogen-bond donors (Lipinski definition) is 0. The van der Waals surface area contributed by atoms with Crippen LogP contribution in [0.15, 0.2) is 83.8 Å². The fourth-order valence-corrected chi connectivity index (χ4v) is 3.72. The molecule has 0 aliphatic carbocycles. The summed E-state index contributed by atoms with van der Waals surface area (Å²) in [5, 5.41) is 0. The Hall–Kier alpha value is -2.86. The van der Waals surface area contributed by atoms with Crippen molar-refractivity contribution in [2.24, 2.45) is 5.92 Å². The van der Waals surface area contributed by atoms with Crippen molar-refractivity contribution in [1.29, 1.82) is 0 Å². The molecular formula is C25H24F2O3S. The number of carbonyl (C=O) groups excluding carboxylic acids is 1. The number of alkyl halides is 2. The van der Waals surface area contributed by atoms with E-state index in [1.54, 1.807) is 24.3 Å². The standard InChI is InChI=1S/C25H24F2O3S/c1-17(2)23(19-11-13-22(14-12-19)31-25(26)27)24(28)29-16-18-7-6-10-21(15-18)30-20-8-4-3-5-9-20/h3-15,17,23,25H,16H2,1-2H3. The van der Waals surface area contributed by atoms with Gasteiger partial charge in [-0.15, -0.1) is 0 Å². The molecule has 1 unspecified atom stereocenters. The van der Waals surface area contributed by atoms with Crippen LogP contribution in [0.25, 0.3) is 0 Å². The van der Waals surface area contributed by atoms with Crippen LogP contribution in [-0.4, -0.2) is 11.7 Å². The Labute approximate surface area is 185 Å². The highest BCUT2D eigenvalue weighted by atomic mass is 32.2. The average Bonchev–Trinajstić information content (AvgIpc) is 2.74. The number of hydrogen-bond acceptors (Lipinski definition) is 4. The van der Waals surface area contributed by atoms with Gasteiger partial charge in [0.1, 0.15) is 18.1 Å². The van der Waals surface area contributed by atoms with Gasteiger partial charge < -0.3 is 9.47 Å². The summed E-state index contributed by atoms with van der Waals surface area (Å²) in [6, 6.07) is 23.5. The molecule has 0 aromatic heterocycles. The summed E-state index contributed by atoms with van der Waals surface area (Å²) in [7, 11) is 0. The highest BCUT2D eigenvalue weighted by Gasteiger charge is 2.26. The van der Waals surface area contributed by atoms with Gasteiger partial charge in [-0.05, 0) is 53.4 Å². The second kappa shape index (κ2) is 11.0. The topological polar surface area (TPSA) is 35.5 Å². The molecule has 0 saturated heterocycles. The fraction of sp³-hybridized carbons (Fsp3) is 0.240. The van der Waals surface area contributed by atoms with Crippen LogP contribution in [0.3, 0.4) is 0 Å². The van der Waals surface area contributed by atoms with Crippen LogP contribution in [0.5, 0.6) is 11.5 Å². The Kier molecular flexibility index (Phi) is 8.06. The van der Waals surface area contributed by atoms with Crippen LogP contribution >= 0.6 is 11.8 Å². The molecule has 0 N–H and O–H groups in total. The fourth-order valence-electron chi connectivity index (χ4n) is 3.22. The predicted molar refractivity (Wildman–Crippen MR) is 119 cm³/mol. The van der Waals surface area contributed by atoms with Crippen molar-refractivity contribution in [3.8, 4) is 11.5 Å². The summed E-state index contributed by atoms with van der Waals surface area (Å²) in [6.07, 6.45) is 0. The van der Waals surface area contributed by atoms with E-state index in [9.17, 15) is 13.6 Å². The van der Waals surface area contributed by atoms with Gasteiger partial charge in [0.25, 0.3) is 5.76 Å². The molecule has 162 valence electrons. The summed E-state index contributed by atoms with van der Waals surface area (Å²) >= 11 is 0.484. The zero-order chi connectivity index (χ0) is 22.2. The van der Waals surface area contributed by atoms with Crippen LogP contribution in [0.1, 0.15) is 30.9 Å². The van der Waals surface area contributed by atoms with Crippen LogP contribution in [0.2, 0.25) is 0 Å². The van der Waals surface area contributed by atoms with Gasteiger partial charge in [0, 0.05) is 4.90 Å². The summed E-state index contributed by atoms with van der Waals surface area (Å²) in [4.78, 5) is 13.3. The van der Waals surface area contributed by atoms with Crippen molar-refractivity contribution in [3.05, 3.63) is 90.0 Å². The first kappa shape index (κ1) is 22.8. The Morgan fingerprint density at radius 1 is 0.903 bits per heavy atom. The number of esters is 1. The Bertz CT molecular complexity index is 976. The minimum absolute atomic E-state index is 0.00569. The first-order chi connectivity index (χ1) is 14.9. The van der Waals surface area contributed by atoms with Gasteiger partial charge in [-0.1, -0.05) is 68.1 Å². The lowest BCUT2D eigenvalue weighted by molar-refractivity contribution is -0.148. The largest absolute Gasteiger partial charge is 0.460 e. The summed E-state index contributed by atoms with van der Waals surface area (Å²) in [5.41, 5.74) is 1.56. The molecule has 0 radical (unpaired) electrons. The van der Waals surface area contributed by atoms with Gasteiger partial charge in [-0.25, -0.2) is 0 Å². The second-order valence-corrected chi connectivity index (χ2v) is 8.40. The zero-order valence-electron chi connectivity index (χ0n) is 17.3. The van der Waals surface area contributed by atoms with Crippen molar-refractivity contribution >= 4 is 17.7 Å². The third kappa shape index (κ3) is 6.82. The minimum Gasteiger partial charge on any atom is -0.460 e. The lowest BCUT2D eigenvalue weighted by Crippen LogP contribution is -2.20. The van der Waals surface area contributed by atoms with Gasteiger partial charge in [-0.2, -0.15) is 8.78 Å². The van der Waals surface area contributed by atoms with Gasteiger partial charge in [0.05, 0.1) is 5.92 Å². The van der Waals surface area contributed by atoms with Crippen molar-refractivity contribution in [3.63, 3.8) is 0 Å². The van der Waals surface area contributed by atoms with Gasteiger partial charge in [0.2, 0.25) is 0 Å². The van der Waals surface area contributed by atoms with E-state index in [1.807, 2.05) is 68.4 Å². The number of ether oxygens (including phenoxy) is 2. The third-order valence-corrected chi connectivity index (χ3v) is 5.37. The van der Waals surface area contributed by atoms with Crippen molar-refractivity contribution in [2.75, 3.05) is 0 Å². The Balaban J connectivity index is 1.64. The number of halogens is 2. The first-order valence-corrected chi connectivity index (χ1v) is 10.8. The van der Waals surface area contributed by atoms with Gasteiger partial charge in [0.15, 0.2) is 0 Å². The quantitative estimate of drug-likeness (QED) is 0.258. The molecule has 1 atom stereocenters. The summed E-state index contributed by atoms with van der Waals surface area (Å²) in [5.74, 6) is -1.92. The number of rotatable bonds is 9. The van der Waals surface area contributed by atoms with Gasteiger partial charge in [-0.3, -0.25) is 4.79 Å². The molecule has 0 bridgehead atoms. The maximum absolute atomic E-state index is 12.8. The van der Waals surface area contributed by atoms with Crippen LogP contribution in [0, 0.1) is 5.92 Å². The molecule has 3 rings (SSSR count). The van der Waals surface area contributed by atoms with E-state index in [4.69, 9.17) is 9.47 Å². The Morgan fingerprint density at radius 3 is 2.23 bits per heavy atom. The SMILES string of the molecule is CC(C)C(C(=O)OCc1cccc(Oc2ccccc2)c1)c1ccc(SC(F)F)cc1. The molecule has 3 aromatic rings. The minimum atomic E-state index is -2.47. The van der Waals surface area contributed by atoms with E-state index in [-0.39, 0.29) is 18.5 Å². The molecule has 3 aromatic carbocycles. The van der Waals surface area contributed by atoms with E-state index < -0.39 is 11.7 Å². The molecule has 0 amide bonds. The third-order valence-electron chi connectivity index (χ3n) is 4.64. The molecule has 0 fully saturated rings. The summed E-state index contributed by atoms with van der Waals surface area (Å²) in [6.45, 7) is 3.98. The average molecular weight is 443 g/mol. The van der Waals surface area contributed by atoms with Crippen molar-refractivity contribution in [1.82, 2.24) is 0 Å². The molecular weight excluding hydrogens is 418 g/mol. The highest BCUT2D eigenvalue weighted by Crippen LogP contribution is 2.31. The molecule has 3 nitrogen and oxygen atoms in total. The van der Waals surface area contributed by atoms with E-state index in [0.29, 0.717) is 22.4 Å². The van der Waals surface area contributed by atoms with Gasteiger partial charge >= 0.3 is 5.97 Å². The Morgan fingerprint density at radius 2 is 1.58 bits per heavy atom. The zero-order valence-corrected chi connectivity index (χ0v) is 18.2. The monoisotopic (exact) mass is 442 g/mol. The molecule has 0 spiro atoms. The number of carbonyl (C=O) groups is 1. The molecule has 0 saturated carbocycles. The van der Waals surface area contributed by atoms with Crippen LogP contribution in [-0.2, 0) is 16.1 Å². The molecule has 0 aliphatic rings. The first-order valence-electron chi connectivity index (χ1n) is 9.95. The van der Waals surface area contributed by atoms with Crippen LogP contribution in [0.4, 0.5) is 8.78 Å². The lowest BCUT2D eigenvalue weighted by Gasteiger charge is -2.20. The maximum Gasteiger partial charge on any atom is 0.314 e. The number of para-hydroxylation sites is 1. The smallest absolute Gasteiger partial charge is 0.314 e. The molecule has 0 aliphatic heterocycles. The second-order valence-electron chi connectivity index (χ2n) is 7.34. The van der Waals surface area contributed by atoms with E-state index >= 15 is 0 Å².